The predicted molar refractivity (Wildman–Crippen MR) is 81.8 cm³/mol. The summed E-state index contributed by atoms with van der Waals surface area (Å²) in [6.45, 7) is 8.70. The van der Waals surface area contributed by atoms with Crippen LogP contribution in [0.2, 0.25) is 0 Å². The van der Waals surface area contributed by atoms with E-state index in [4.69, 9.17) is 0 Å². The first-order valence-corrected chi connectivity index (χ1v) is 7.66. The lowest BCUT2D eigenvalue weighted by molar-refractivity contribution is -0.132. The summed E-state index contributed by atoms with van der Waals surface area (Å²) in [6.07, 6.45) is 5.18. The highest BCUT2D eigenvalue weighted by Crippen LogP contribution is 2.35. The van der Waals surface area contributed by atoms with Crippen LogP contribution < -0.4 is 4.90 Å². The molecule has 2 heterocycles. The monoisotopic (exact) mass is 275 g/mol. The number of nitrogens with zero attached hydrogens (tertiary/aromatic N) is 3. The number of hydrogen-bond donors (Lipinski definition) is 0. The minimum Gasteiger partial charge on any atom is -0.357 e. The fourth-order valence-electron chi connectivity index (χ4n) is 3.09. The zero-order chi connectivity index (χ0) is 14.5. The van der Waals surface area contributed by atoms with Crippen molar-refractivity contribution in [1.82, 2.24) is 9.88 Å². The summed E-state index contributed by atoms with van der Waals surface area (Å²) in [4.78, 5) is 20.7. The smallest absolute Gasteiger partial charge is 0.219 e. The maximum atomic E-state index is 11.9. The summed E-state index contributed by atoms with van der Waals surface area (Å²) >= 11 is 0. The SMILES string of the molecule is CCN(CC)c1ncccc1[C@@H]1CCCCN1C(C)=O. The van der Waals surface area contributed by atoms with Crippen LogP contribution in [0, 0.1) is 0 Å². The third kappa shape index (κ3) is 2.94. The van der Waals surface area contributed by atoms with Crippen molar-refractivity contribution >= 4 is 11.7 Å². The van der Waals surface area contributed by atoms with E-state index in [1.54, 1.807) is 6.92 Å². The molecule has 1 fully saturated rings. The second-order valence-corrected chi connectivity index (χ2v) is 5.31. The van der Waals surface area contributed by atoms with Gasteiger partial charge in [0.15, 0.2) is 0 Å². The Morgan fingerprint density at radius 2 is 2.15 bits per heavy atom. The van der Waals surface area contributed by atoms with Gasteiger partial charge in [0, 0.05) is 38.3 Å². The number of carbonyl (C=O) groups excluding carboxylic acids is 1. The van der Waals surface area contributed by atoms with Crippen LogP contribution in [0.15, 0.2) is 18.3 Å². The molecule has 0 unspecified atom stereocenters. The molecule has 0 aromatic carbocycles. The predicted octanol–water partition coefficient (Wildman–Crippen LogP) is 3.00. The van der Waals surface area contributed by atoms with Crippen LogP contribution in [0.1, 0.15) is 51.6 Å². The number of anilines is 1. The highest BCUT2D eigenvalue weighted by atomic mass is 16.2. The molecule has 1 aromatic rings. The summed E-state index contributed by atoms with van der Waals surface area (Å²) in [5, 5.41) is 0. The van der Waals surface area contributed by atoms with E-state index >= 15 is 0 Å². The third-order valence-electron chi connectivity index (χ3n) is 4.15. The number of hydrogen-bond acceptors (Lipinski definition) is 3. The van der Waals surface area contributed by atoms with Gasteiger partial charge in [-0.2, -0.15) is 0 Å². The first kappa shape index (κ1) is 14.8. The van der Waals surface area contributed by atoms with Gasteiger partial charge in [0.1, 0.15) is 5.82 Å². The van der Waals surface area contributed by atoms with Gasteiger partial charge in [-0.3, -0.25) is 4.79 Å². The molecule has 0 saturated carbocycles. The number of carbonyl (C=O) groups is 1. The molecule has 1 aliphatic heterocycles. The molecular formula is C16H25N3O. The van der Waals surface area contributed by atoms with Crippen LogP contribution in [-0.4, -0.2) is 35.4 Å². The van der Waals surface area contributed by atoms with Crippen molar-refractivity contribution in [2.75, 3.05) is 24.5 Å². The molecule has 2 rings (SSSR count). The lowest BCUT2D eigenvalue weighted by atomic mass is 9.95. The first-order valence-electron chi connectivity index (χ1n) is 7.66. The Labute approximate surface area is 121 Å². The van der Waals surface area contributed by atoms with E-state index in [0.29, 0.717) is 0 Å². The maximum Gasteiger partial charge on any atom is 0.219 e. The molecule has 1 atom stereocenters. The van der Waals surface area contributed by atoms with E-state index in [2.05, 4.69) is 29.8 Å². The van der Waals surface area contributed by atoms with Gasteiger partial charge < -0.3 is 9.80 Å². The molecular weight excluding hydrogens is 250 g/mol. The summed E-state index contributed by atoms with van der Waals surface area (Å²) in [6, 6.07) is 4.30. The van der Waals surface area contributed by atoms with Crippen LogP contribution >= 0.6 is 0 Å². The maximum absolute atomic E-state index is 11.9. The minimum absolute atomic E-state index is 0.170. The van der Waals surface area contributed by atoms with Gasteiger partial charge in [-0.05, 0) is 39.2 Å². The van der Waals surface area contributed by atoms with Crippen molar-refractivity contribution in [2.24, 2.45) is 0 Å². The third-order valence-corrected chi connectivity index (χ3v) is 4.15. The highest BCUT2D eigenvalue weighted by Gasteiger charge is 2.28. The van der Waals surface area contributed by atoms with Gasteiger partial charge in [0.2, 0.25) is 5.91 Å². The Morgan fingerprint density at radius 3 is 2.80 bits per heavy atom. The molecule has 1 saturated heterocycles. The average molecular weight is 275 g/mol. The fraction of sp³-hybridized carbons (Fsp3) is 0.625. The second kappa shape index (κ2) is 6.73. The lowest BCUT2D eigenvalue weighted by Crippen LogP contribution is -2.38. The highest BCUT2D eigenvalue weighted by molar-refractivity contribution is 5.74. The van der Waals surface area contributed by atoms with Gasteiger partial charge in [-0.1, -0.05) is 6.07 Å². The van der Waals surface area contributed by atoms with E-state index in [9.17, 15) is 4.79 Å². The summed E-state index contributed by atoms with van der Waals surface area (Å²) < 4.78 is 0. The largest absolute Gasteiger partial charge is 0.357 e. The summed E-state index contributed by atoms with van der Waals surface area (Å²) in [5.41, 5.74) is 1.20. The summed E-state index contributed by atoms with van der Waals surface area (Å²) in [7, 11) is 0. The molecule has 1 aromatic heterocycles. The Kier molecular flexibility index (Phi) is 4.99. The van der Waals surface area contributed by atoms with Crippen LogP contribution in [0.3, 0.4) is 0 Å². The van der Waals surface area contributed by atoms with E-state index < -0.39 is 0 Å². The van der Waals surface area contributed by atoms with Crippen molar-refractivity contribution in [2.45, 2.75) is 46.1 Å². The molecule has 0 radical (unpaired) electrons. The fourth-order valence-corrected chi connectivity index (χ4v) is 3.09. The van der Waals surface area contributed by atoms with Crippen molar-refractivity contribution < 1.29 is 4.79 Å². The van der Waals surface area contributed by atoms with E-state index in [0.717, 1.165) is 38.3 Å². The Hall–Kier alpha value is -1.58. The standard InChI is InChI=1S/C16H25N3O/c1-4-18(5-2)16-14(9-8-11-17-16)15-10-6-7-12-19(15)13(3)20/h8-9,11,15H,4-7,10,12H2,1-3H3/t15-/m0/s1. The molecule has 1 amide bonds. The Balaban J connectivity index is 2.37. The average Bonchev–Trinajstić information content (AvgIpc) is 2.49. The number of amides is 1. The zero-order valence-corrected chi connectivity index (χ0v) is 12.8. The minimum atomic E-state index is 0.170. The Morgan fingerprint density at radius 1 is 1.40 bits per heavy atom. The molecule has 1 aliphatic rings. The molecule has 20 heavy (non-hydrogen) atoms. The molecule has 0 bridgehead atoms. The van der Waals surface area contributed by atoms with Gasteiger partial charge in [-0.25, -0.2) is 4.98 Å². The van der Waals surface area contributed by atoms with Crippen LogP contribution in [0.25, 0.3) is 0 Å². The number of rotatable bonds is 4. The molecule has 4 heteroatoms. The van der Waals surface area contributed by atoms with Gasteiger partial charge >= 0.3 is 0 Å². The number of pyridine rings is 1. The van der Waals surface area contributed by atoms with Gasteiger partial charge in [0.25, 0.3) is 0 Å². The molecule has 0 N–H and O–H groups in total. The quantitative estimate of drug-likeness (QED) is 0.847. The lowest BCUT2D eigenvalue weighted by Gasteiger charge is -2.37. The summed E-state index contributed by atoms with van der Waals surface area (Å²) in [5.74, 6) is 1.21. The molecule has 110 valence electrons. The van der Waals surface area contributed by atoms with E-state index in [1.807, 2.05) is 17.2 Å². The number of likely N-dealkylation sites (tertiary alicyclic amines) is 1. The van der Waals surface area contributed by atoms with Crippen molar-refractivity contribution in [3.63, 3.8) is 0 Å². The van der Waals surface area contributed by atoms with E-state index in [-0.39, 0.29) is 11.9 Å². The Bertz CT molecular complexity index is 457. The van der Waals surface area contributed by atoms with Crippen molar-refractivity contribution in [3.8, 4) is 0 Å². The van der Waals surface area contributed by atoms with Crippen molar-refractivity contribution in [1.29, 1.82) is 0 Å². The number of piperidine rings is 1. The van der Waals surface area contributed by atoms with Crippen LogP contribution in [0.5, 0.6) is 0 Å². The number of aromatic nitrogens is 1. The zero-order valence-electron chi connectivity index (χ0n) is 12.8. The van der Waals surface area contributed by atoms with Gasteiger partial charge in [0.05, 0.1) is 6.04 Å². The molecule has 4 nitrogen and oxygen atoms in total. The first-order chi connectivity index (χ1) is 9.69. The van der Waals surface area contributed by atoms with Crippen molar-refractivity contribution in [3.05, 3.63) is 23.9 Å². The van der Waals surface area contributed by atoms with Gasteiger partial charge in [-0.15, -0.1) is 0 Å². The van der Waals surface area contributed by atoms with E-state index in [1.165, 1.54) is 12.0 Å². The normalized spacial score (nSPS) is 18.9. The second-order valence-electron chi connectivity index (χ2n) is 5.31. The topological polar surface area (TPSA) is 36.4 Å². The van der Waals surface area contributed by atoms with Crippen LogP contribution in [-0.2, 0) is 4.79 Å². The molecule has 0 aliphatic carbocycles. The van der Waals surface area contributed by atoms with Crippen LogP contribution in [0.4, 0.5) is 5.82 Å². The molecule has 0 spiro atoms.